The van der Waals surface area contributed by atoms with Crippen molar-refractivity contribution in [2.75, 3.05) is 19.0 Å². The van der Waals surface area contributed by atoms with E-state index >= 15 is 4.39 Å². The van der Waals surface area contributed by atoms with Gasteiger partial charge in [-0.05, 0) is 55.3 Å². The number of ether oxygens (including phenoxy) is 3. The fourth-order valence-electron chi connectivity index (χ4n) is 4.15. The molecular weight excluding hydrogens is 487 g/mol. The molecule has 3 heterocycles. The first-order valence-electron chi connectivity index (χ1n) is 12.1. The highest BCUT2D eigenvalue weighted by Gasteiger charge is 2.21. The van der Waals surface area contributed by atoms with E-state index in [1.807, 2.05) is 55.9 Å². The van der Waals surface area contributed by atoms with E-state index in [9.17, 15) is 0 Å². The van der Waals surface area contributed by atoms with Gasteiger partial charge in [0.2, 0.25) is 0 Å². The second-order valence-electron chi connectivity index (χ2n) is 8.59. The summed E-state index contributed by atoms with van der Waals surface area (Å²) in [5, 5.41) is 12.9. The van der Waals surface area contributed by atoms with Crippen LogP contribution in [0.15, 0.2) is 60.9 Å². The largest absolute Gasteiger partial charge is 0.497 e. The SMILES string of the molecule is CCOc1nnc(NCc2ccc(OC)cc2)c2c(-c3ccc(Oc4nccc(C)n4)c(F)c3)cn(C)c12. The minimum absolute atomic E-state index is 0.0345. The highest BCUT2D eigenvalue weighted by molar-refractivity contribution is 6.04. The summed E-state index contributed by atoms with van der Waals surface area (Å²) in [5.41, 5.74) is 3.94. The van der Waals surface area contributed by atoms with Crippen LogP contribution in [-0.2, 0) is 13.6 Å². The lowest BCUT2D eigenvalue weighted by atomic mass is 10.0. The molecule has 0 fully saturated rings. The fourth-order valence-corrected chi connectivity index (χ4v) is 4.15. The molecule has 10 heteroatoms. The van der Waals surface area contributed by atoms with Crippen molar-refractivity contribution in [3.8, 4) is 34.5 Å². The standard InChI is InChI=1S/C28H27FN6O3/c1-5-37-27-25-24(26(33-34-27)31-15-18-6-9-20(36-4)10-7-18)21(16-35(25)3)19-8-11-23(22(29)14-19)38-28-30-13-12-17(2)32-28/h6-14,16H,5,15H2,1-4H3,(H,31,33). The van der Waals surface area contributed by atoms with Crippen molar-refractivity contribution in [1.29, 1.82) is 0 Å². The Morgan fingerprint density at radius 3 is 2.58 bits per heavy atom. The monoisotopic (exact) mass is 514 g/mol. The van der Waals surface area contributed by atoms with Gasteiger partial charge in [-0.15, -0.1) is 10.2 Å². The first-order chi connectivity index (χ1) is 18.5. The van der Waals surface area contributed by atoms with Gasteiger partial charge >= 0.3 is 6.01 Å². The van der Waals surface area contributed by atoms with E-state index in [1.165, 1.54) is 6.07 Å². The lowest BCUT2D eigenvalue weighted by Crippen LogP contribution is -2.06. The molecule has 3 aromatic heterocycles. The maximum Gasteiger partial charge on any atom is 0.322 e. The van der Waals surface area contributed by atoms with Crippen molar-refractivity contribution in [2.45, 2.75) is 20.4 Å². The Balaban J connectivity index is 1.52. The zero-order chi connectivity index (χ0) is 26.6. The average Bonchev–Trinajstić information content (AvgIpc) is 3.27. The molecule has 0 spiro atoms. The molecule has 0 radical (unpaired) electrons. The molecule has 194 valence electrons. The van der Waals surface area contributed by atoms with Gasteiger partial charge < -0.3 is 24.1 Å². The van der Waals surface area contributed by atoms with Crippen molar-refractivity contribution in [2.24, 2.45) is 7.05 Å². The maximum absolute atomic E-state index is 15.2. The highest BCUT2D eigenvalue weighted by Crippen LogP contribution is 2.39. The van der Waals surface area contributed by atoms with Crippen molar-refractivity contribution < 1.29 is 18.6 Å². The van der Waals surface area contributed by atoms with E-state index in [1.54, 1.807) is 31.5 Å². The summed E-state index contributed by atoms with van der Waals surface area (Å²) < 4.78 is 33.7. The zero-order valence-electron chi connectivity index (χ0n) is 21.5. The van der Waals surface area contributed by atoms with Crippen LogP contribution in [0.5, 0.6) is 23.4 Å². The molecule has 1 N–H and O–H groups in total. The molecule has 0 unspecified atom stereocenters. The van der Waals surface area contributed by atoms with E-state index in [-0.39, 0.29) is 11.8 Å². The van der Waals surface area contributed by atoms with Crippen LogP contribution >= 0.6 is 0 Å². The zero-order valence-corrected chi connectivity index (χ0v) is 21.5. The molecule has 0 amide bonds. The van der Waals surface area contributed by atoms with E-state index in [0.29, 0.717) is 30.4 Å². The molecule has 9 nitrogen and oxygen atoms in total. The molecule has 5 rings (SSSR count). The lowest BCUT2D eigenvalue weighted by Gasteiger charge is -2.12. The number of hydrogen-bond acceptors (Lipinski definition) is 8. The molecule has 38 heavy (non-hydrogen) atoms. The topological polar surface area (TPSA) is 96.2 Å². The van der Waals surface area contributed by atoms with Gasteiger partial charge in [0.25, 0.3) is 5.88 Å². The van der Waals surface area contributed by atoms with Crippen molar-refractivity contribution in [3.05, 3.63) is 78.0 Å². The van der Waals surface area contributed by atoms with Gasteiger partial charge in [0, 0.05) is 37.2 Å². The molecule has 0 aliphatic heterocycles. The Morgan fingerprint density at radius 1 is 1.05 bits per heavy atom. The first-order valence-corrected chi connectivity index (χ1v) is 12.1. The Labute approximate surface area is 219 Å². The van der Waals surface area contributed by atoms with Gasteiger partial charge in [-0.2, -0.15) is 0 Å². The third-order valence-corrected chi connectivity index (χ3v) is 5.98. The van der Waals surface area contributed by atoms with Crippen LogP contribution in [0.25, 0.3) is 22.0 Å². The van der Waals surface area contributed by atoms with Crippen LogP contribution in [0.4, 0.5) is 10.2 Å². The Morgan fingerprint density at radius 2 is 1.87 bits per heavy atom. The number of aryl methyl sites for hydroxylation is 2. The van der Waals surface area contributed by atoms with Gasteiger partial charge in [0.1, 0.15) is 11.3 Å². The van der Waals surface area contributed by atoms with Crippen LogP contribution in [0, 0.1) is 12.7 Å². The van der Waals surface area contributed by atoms with Crippen LogP contribution in [0.3, 0.4) is 0 Å². The summed E-state index contributed by atoms with van der Waals surface area (Å²) in [7, 11) is 3.53. The predicted octanol–water partition coefficient (Wildman–Crippen LogP) is 5.68. The molecule has 5 aromatic rings. The number of nitrogens with one attached hydrogen (secondary N) is 1. The third kappa shape index (κ3) is 5.06. The first kappa shape index (κ1) is 24.9. The molecule has 0 aliphatic carbocycles. The summed E-state index contributed by atoms with van der Waals surface area (Å²) in [4.78, 5) is 8.23. The minimum Gasteiger partial charge on any atom is -0.497 e. The number of aromatic nitrogens is 5. The van der Waals surface area contributed by atoms with Crippen LogP contribution in [-0.4, -0.2) is 38.4 Å². The van der Waals surface area contributed by atoms with E-state index in [2.05, 4.69) is 25.5 Å². The molecule has 2 aromatic carbocycles. The fraction of sp³-hybridized carbons (Fsp3) is 0.214. The number of benzene rings is 2. The van der Waals surface area contributed by atoms with Crippen LogP contribution < -0.4 is 19.5 Å². The molecule has 0 saturated heterocycles. The minimum atomic E-state index is -0.538. The van der Waals surface area contributed by atoms with Gasteiger partial charge in [0.15, 0.2) is 17.4 Å². The summed E-state index contributed by atoms with van der Waals surface area (Å²) in [5.74, 6) is 1.24. The van der Waals surface area contributed by atoms with Gasteiger partial charge in [-0.25, -0.2) is 14.4 Å². The van der Waals surface area contributed by atoms with Gasteiger partial charge in [0.05, 0.1) is 19.1 Å². The van der Waals surface area contributed by atoms with E-state index < -0.39 is 5.82 Å². The molecule has 0 saturated carbocycles. The summed E-state index contributed by atoms with van der Waals surface area (Å²) in [6.07, 6.45) is 3.48. The average molecular weight is 515 g/mol. The van der Waals surface area contributed by atoms with Crippen LogP contribution in [0.1, 0.15) is 18.2 Å². The Hall–Kier alpha value is -4.73. The normalized spacial score (nSPS) is 11.0. The van der Waals surface area contributed by atoms with Gasteiger partial charge in [-0.1, -0.05) is 18.2 Å². The molecule has 0 aliphatic rings. The Kier molecular flexibility index (Phi) is 7.03. The predicted molar refractivity (Wildman–Crippen MR) is 142 cm³/mol. The van der Waals surface area contributed by atoms with E-state index in [4.69, 9.17) is 14.2 Å². The van der Waals surface area contributed by atoms with Crippen molar-refractivity contribution in [3.63, 3.8) is 0 Å². The molecular formula is C28H27FN6O3. The third-order valence-electron chi connectivity index (χ3n) is 5.98. The van der Waals surface area contributed by atoms with Crippen molar-refractivity contribution in [1.82, 2.24) is 24.7 Å². The maximum atomic E-state index is 15.2. The van der Waals surface area contributed by atoms with E-state index in [0.717, 1.165) is 33.5 Å². The summed E-state index contributed by atoms with van der Waals surface area (Å²) in [6, 6.07) is 14.4. The van der Waals surface area contributed by atoms with Crippen molar-refractivity contribution >= 4 is 16.7 Å². The molecule has 0 bridgehead atoms. The number of fused-ring (bicyclic) bond motifs is 1. The Bertz CT molecular complexity index is 1590. The quantitative estimate of drug-likeness (QED) is 0.268. The number of rotatable bonds is 9. The smallest absolute Gasteiger partial charge is 0.322 e. The lowest BCUT2D eigenvalue weighted by molar-refractivity contribution is 0.326. The summed E-state index contributed by atoms with van der Waals surface area (Å²) in [6.45, 7) is 4.64. The summed E-state index contributed by atoms with van der Waals surface area (Å²) >= 11 is 0. The number of nitrogens with zero attached hydrogens (tertiary/aromatic N) is 5. The second-order valence-corrected chi connectivity index (χ2v) is 8.59. The number of halogens is 1. The number of anilines is 1. The second kappa shape index (κ2) is 10.7. The number of hydrogen-bond donors (Lipinski definition) is 1. The molecule has 0 atom stereocenters. The highest BCUT2D eigenvalue weighted by atomic mass is 19.1. The van der Waals surface area contributed by atoms with Crippen LogP contribution in [0.2, 0.25) is 0 Å². The van der Waals surface area contributed by atoms with Gasteiger partial charge in [-0.3, -0.25) is 0 Å². The number of methoxy groups -OCH3 is 1.